The lowest BCUT2D eigenvalue weighted by atomic mass is 9.63. The highest BCUT2D eigenvalue weighted by Crippen LogP contribution is 2.56. The molecule has 3 heteroatoms. The average molecular weight is 284 g/mol. The lowest BCUT2D eigenvalue weighted by Crippen LogP contribution is -2.43. The molecule has 2 aliphatic carbocycles. The summed E-state index contributed by atoms with van der Waals surface area (Å²) in [6.45, 7) is 8.79. The molecule has 2 saturated carbocycles. The van der Waals surface area contributed by atoms with Crippen LogP contribution in [0, 0.1) is 17.3 Å². The van der Waals surface area contributed by atoms with Crippen LogP contribution in [-0.2, 0) is 4.74 Å². The SMILES string of the molecule is CC(OCCC(C)(C)O)[C@H]1CC[C@H]2[C@@H](O)CCC[C@]12C. The highest BCUT2D eigenvalue weighted by Gasteiger charge is 2.52. The predicted molar refractivity (Wildman–Crippen MR) is 80.5 cm³/mol. The van der Waals surface area contributed by atoms with E-state index in [2.05, 4.69) is 13.8 Å². The third kappa shape index (κ3) is 3.37. The van der Waals surface area contributed by atoms with Gasteiger partial charge >= 0.3 is 0 Å². The van der Waals surface area contributed by atoms with Crippen molar-refractivity contribution in [2.75, 3.05) is 6.61 Å². The van der Waals surface area contributed by atoms with E-state index in [-0.39, 0.29) is 17.6 Å². The molecule has 0 saturated heterocycles. The number of rotatable bonds is 5. The minimum absolute atomic E-state index is 0.109. The molecule has 2 fully saturated rings. The first kappa shape index (κ1) is 16.3. The maximum absolute atomic E-state index is 10.3. The lowest BCUT2D eigenvalue weighted by molar-refractivity contribution is -0.0725. The zero-order valence-electron chi connectivity index (χ0n) is 13.6. The van der Waals surface area contributed by atoms with E-state index in [1.165, 1.54) is 12.8 Å². The van der Waals surface area contributed by atoms with Crippen LogP contribution < -0.4 is 0 Å². The minimum Gasteiger partial charge on any atom is -0.393 e. The smallest absolute Gasteiger partial charge is 0.0613 e. The number of hydrogen-bond donors (Lipinski definition) is 2. The van der Waals surface area contributed by atoms with Crippen molar-refractivity contribution in [3.63, 3.8) is 0 Å². The largest absolute Gasteiger partial charge is 0.393 e. The molecule has 0 amide bonds. The number of ether oxygens (including phenoxy) is 1. The van der Waals surface area contributed by atoms with E-state index in [0.29, 0.717) is 24.9 Å². The van der Waals surface area contributed by atoms with E-state index in [1.54, 1.807) is 0 Å². The highest BCUT2D eigenvalue weighted by atomic mass is 16.5. The second-order valence-electron chi connectivity index (χ2n) is 7.89. The van der Waals surface area contributed by atoms with Crippen molar-refractivity contribution in [3.8, 4) is 0 Å². The third-order valence-corrected chi connectivity index (χ3v) is 5.82. The van der Waals surface area contributed by atoms with Gasteiger partial charge in [-0.2, -0.15) is 0 Å². The summed E-state index contributed by atoms with van der Waals surface area (Å²) in [6.07, 6.45) is 6.43. The Morgan fingerprint density at radius 3 is 2.65 bits per heavy atom. The molecule has 0 aromatic heterocycles. The van der Waals surface area contributed by atoms with Crippen LogP contribution in [0.25, 0.3) is 0 Å². The minimum atomic E-state index is -0.650. The molecule has 0 aromatic rings. The van der Waals surface area contributed by atoms with Crippen molar-refractivity contribution in [3.05, 3.63) is 0 Å². The number of fused-ring (bicyclic) bond motifs is 1. The molecular weight excluding hydrogens is 252 g/mol. The fraction of sp³-hybridized carbons (Fsp3) is 1.00. The Balaban J connectivity index is 1.92. The van der Waals surface area contributed by atoms with Crippen LogP contribution in [0.2, 0.25) is 0 Å². The number of hydrogen-bond acceptors (Lipinski definition) is 3. The van der Waals surface area contributed by atoms with Crippen molar-refractivity contribution < 1.29 is 14.9 Å². The molecule has 0 aliphatic heterocycles. The Bertz CT molecular complexity index is 323. The van der Waals surface area contributed by atoms with Gasteiger partial charge in [0.2, 0.25) is 0 Å². The average Bonchev–Trinajstić information content (AvgIpc) is 2.66. The quantitative estimate of drug-likeness (QED) is 0.815. The molecule has 20 heavy (non-hydrogen) atoms. The Morgan fingerprint density at radius 1 is 1.30 bits per heavy atom. The summed E-state index contributed by atoms with van der Waals surface area (Å²) in [7, 11) is 0. The normalized spacial score (nSPS) is 39.6. The second kappa shape index (κ2) is 5.94. The van der Waals surface area contributed by atoms with Crippen molar-refractivity contribution in [2.24, 2.45) is 17.3 Å². The molecule has 0 spiro atoms. The Labute approximate surface area is 123 Å². The van der Waals surface area contributed by atoms with Crippen LogP contribution in [0.5, 0.6) is 0 Å². The van der Waals surface area contributed by atoms with Crippen LogP contribution in [0.15, 0.2) is 0 Å². The van der Waals surface area contributed by atoms with Crippen molar-refractivity contribution in [2.45, 2.75) is 84.0 Å². The Hall–Kier alpha value is -0.120. The molecule has 1 unspecified atom stereocenters. The first-order valence-electron chi connectivity index (χ1n) is 8.26. The van der Waals surface area contributed by atoms with Crippen LogP contribution in [0.4, 0.5) is 0 Å². The maximum Gasteiger partial charge on any atom is 0.0613 e. The molecule has 118 valence electrons. The third-order valence-electron chi connectivity index (χ3n) is 5.82. The van der Waals surface area contributed by atoms with E-state index in [0.717, 1.165) is 19.3 Å². The number of aliphatic hydroxyl groups is 2. The van der Waals surface area contributed by atoms with Gasteiger partial charge in [-0.1, -0.05) is 13.3 Å². The molecule has 0 heterocycles. The summed E-state index contributed by atoms with van der Waals surface area (Å²) in [5.41, 5.74) is -0.408. The first-order valence-corrected chi connectivity index (χ1v) is 8.26. The van der Waals surface area contributed by atoms with Gasteiger partial charge in [-0.05, 0) is 70.1 Å². The van der Waals surface area contributed by atoms with Gasteiger partial charge in [-0.15, -0.1) is 0 Å². The Kier molecular flexibility index (Phi) is 4.83. The van der Waals surface area contributed by atoms with Gasteiger partial charge in [0, 0.05) is 6.61 Å². The molecule has 2 aliphatic rings. The molecule has 0 bridgehead atoms. The van der Waals surface area contributed by atoms with Gasteiger partial charge < -0.3 is 14.9 Å². The molecule has 2 N–H and O–H groups in total. The van der Waals surface area contributed by atoms with E-state index >= 15 is 0 Å². The van der Waals surface area contributed by atoms with Gasteiger partial charge in [-0.3, -0.25) is 0 Å². The van der Waals surface area contributed by atoms with E-state index in [9.17, 15) is 10.2 Å². The summed E-state index contributed by atoms with van der Waals surface area (Å²) in [5, 5.41) is 20.0. The lowest BCUT2D eigenvalue weighted by Gasteiger charge is -2.45. The van der Waals surface area contributed by atoms with Crippen LogP contribution >= 0.6 is 0 Å². The molecule has 3 nitrogen and oxygen atoms in total. The van der Waals surface area contributed by atoms with Gasteiger partial charge in [0.1, 0.15) is 0 Å². The van der Waals surface area contributed by atoms with Crippen LogP contribution in [0.1, 0.15) is 66.2 Å². The summed E-state index contributed by atoms with van der Waals surface area (Å²) < 4.78 is 6.01. The molecular formula is C17H32O3. The van der Waals surface area contributed by atoms with E-state index in [1.807, 2.05) is 13.8 Å². The molecule has 0 radical (unpaired) electrons. The van der Waals surface area contributed by atoms with Crippen molar-refractivity contribution >= 4 is 0 Å². The van der Waals surface area contributed by atoms with Crippen molar-refractivity contribution in [1.82, 2.24) is 0 Å². The fourth-order valence-electron chi connectivity index (χ4n) is 4.57. The summed E-state index contributed by atoms with van der Waals surface area (Å²) in [6, 6.07) is 0. The summed E-state index contributed by atoms with van der Waals surface area (Å²) in [5.74, 6) is 1.01. The second-order valence-corrected chi connectivity index (χ2v) is 7.89. The zero-order chi connectivity index (χ0) is 15.0. The highest BCUT2D eigenvalue weighted by molar-refractivity contribution is 5.02. The van der Waals surface area contributed by atoms with Gasteiger partial charge in [0.15, 0.2) is 0 Å². The monoisotopic (exact) mass is 284 g/mol. The van der Waals surface area contributed by atoms with Crippen molar-refractivity contribution in [1.29, 1.82) is 0 Å². The zero-order valence-corrected chi connectivity index (χ0v) is 13.6. The van der Waals surface area contributed by atoms with Gasteiger partial charge in [0.05, 0.1) is 17.8 Å². The van der Waals surface area contributed by atoms with E-state index in [4.69, 9.17) is 4.74 Å². The predicted octanol–water partition coefficient (Wildman–Crippen LogP) is 3.13. The summed E-state index contributed by atoms with van der Waals surface area (Å²) in [4.78, 5) is 0. The maximum atomic E-state index is 10.3. The van der Waals surface area contributed by atoms with Gasteiger partial charge in [-0.25, -0.2) is 0 Å². The van der Waals surface area contributed by atoms with Gasteiger partial charge in [0.25, 0.3) is 0 Å². The number of aliphatic hydroxyl groups excluding tert-OH is 1. The topological polar surface area (TPSA) is 49.7 Å². The summed E-state index contributed by atoms with van der Waals surface area (Å²) >= 11 is 0. The Morgan fingerprint density at radius 2 is 2.00 bits per heavy atom. The molecule has 0 aromatic carbocycles. The standard InChI is InChI=1S/C17H32O3/c1-12(20-11-10-16(2,3)19)13-7-8-14-15(18)6-5-9-17(13,14)4/h12-15,18-19H,5-11H2,1-4H3/t12?,13-,14+,15+,17-/m1/s1. The van der Waals surface area contributed by atoms with Crippen LogP contribution in [0.3, 0.4) is 0 Å². The first-order chi connectivity index (χ1) is 9.24. The van der Waals surface area contributed by atoms with Crippen LogP contribution in [-0.4, -0.2) is 34.6 Å². The molecule has 5 atom stereocenters. The fourth-order valence-corrected chi connectivity index (χ4v) is 4.57. The van der Waals surface area contributed by atoms with E-state index < -0.39 is 5.60 Å². The molecule has 2 rings (SSSR count).